The van der Waals surface area contributed by atoms with Crippen LogP contribution in [-0.4, -0.2) is 49.7 Å². The Morgan fingerprint density at radius 3 is 2.30 bits per heavy atom. The number of nitrogens with zero attached hydrogens (tertiary/aromatic N) is 3. The molecular formula is C23H27N3O2S2. The minimum atomic E-state index is -3.58. The first-order valence-corrected chi connectivity index (χ1v) is 12.7. The molecule has 0 amide bonds. The van der Waals surface area contributed by atoms with Crippen molar-refractivity contribution in [2.45, 2.75) is 23.3 Å². The zero-order valence-corrected chi connectivity index (χ0v) is 19.0. The Morgan fingerprint density at radius 2 is 1.60 bits per heavy atom. The van der Waals surface area contributed by atoms with Gasteiger partial charge >= 0.3 is 0 Å². The molecule has 0 radical (unpaired) electrons. The first kappa shape index (κ1) is 21.0. The molecule has 7 heteroatoms. The van der Waals surface area contributed by atoms with Crippen LogP contribution >= 0.6 is 11.8 Å². The topological polar surface area (TPSA) is 45.5 Å². The summed E-state index contributed by atoms with van der Waals surface area (Å²) in [7, 11) is -3.58. The van der Waals surface area contributed by atoms with Crippen LogP contribution in [-0.2, 0) is 16.6 Å². The minimum Gasteiger partial charge on any atom is -0.368 e. The third-order valence-corrected chi connectivity index (χ3v) is 8.08. The van der Waals surface area contributed by atoms with Crippen LogP contribution in [0.5, 0.6) is 0 Å². The molecule has 0 saturated carbocycles. The number of rotatable bonds is 6. The number of aromatic nitrogens is 1. The summed E-state index contributed by atoms with van der Waals surface area (Å²) < 4.78 is 27.6. The highest BCUT2D eigenvalue weighted by Gasteiger charge is 2.23. The van der Waals surface area contributed by atoms with Gasteiger partial charge in [0.2, 0.25) is 0 Å². The van der Waals surface area contributed by atoms with E-state index in [1.54, 1.807) is 30.1 Å². The summed E-state index contributed by atoms with van der Waals surface area (Å²) in [6.07, 6.45) is 3.76. The van der Waals surface area contributed by atoms with Gasteiger partial charge in [-0.3, -0.25) is 4.90 Å². The predicted octanol–water partition coefficient (Wildman–Crippen LogP) is 4.08. The third kappa shape index (κ3) is 4.29. The summed E-state index contributed by atoms with van der Waals surface area (Å²) in [6.45, 7) is 6.24. The van der Waals surface area contributed by atoms with Gasteiger partial charge in [-0.25, -0.2) is 12.4 Å². The van der Waals surface area contributed by atoms with E-state index in [0.29, 0.717) is 11.4 Å². The molecule has 1 aliphatic heterocycles. The number of para-hydroxylation sites is 1. The number of piperazine rings is 1. The Labute approximate surface area is 183 Å². The van der Waals surface area contributed by atoms with Crippen molar-refractivity contribution >= 4 is 27.5 Å². The molecule has 0 bridgehead atoms. The second kappa shape index (κ2) is 8.88. The van der Waals surface area contributed by atoms with Crippen LogP contribution < -0.4 is 4.90 Å². The van der Waals surface area contributed by atoms with Gasteiger partial charge in [-0.05, 0) is 49.6 Å². The highest BCUT2D eigenvalue weighted by atomic mass is 32.2. The summed E-state index contributed by atoms with van der Waals surface area (Å²) in [5.41, 5.74) is 3.13. The molecule has 30 heavy (non-hydrogen) atoms. The largest absolute Gasteiger partial charge is 0.368 e. The second-order valence-electron chi connectivity index (χ2n) is 7.55. The van der Waals surface area contributed by atoms with Crippen molar-refractivity contribution < 1.29 is 8.42 Å². The van der Waals surface area contributed by atoms with Gasteiger partial charge in [0.05, 0.1) is 10.6 Å². The molecule has 1 aliphatic rings. The Bertz CT molecular complexity index is 1100. The van der Waals surface area contributed by atoms with Crippen LogP contribution in [0.2, 0.25) is 0 Å². The first-order valence-electron chi connectivity index (χ1n) is 10.1. The van der Waals surface area contributed by atoms with Crippen LogP contribution in [0.25, 0.3) is 0 Å². The molecule has 0 aliphatic carbocycles. The van der Waals surface area contributed by atoms with Gasteiger partial charge in [-0.15, -0.1) is 11.8 Å². The normalized spacial score (nSPS) is 15.5. The monoisotopic (exact) mass is 441 g/mol. The molecule has 5 nitrogen and oxygen atoms in total. The molecule has 2 aromatic carbocycles. The van der Waals surface area contributed by atoms with Crippen LogP contribution in [0.3, 0.4) is 0 Å². The van der Waals surface area contributed by atoms with Crippen LogP contribution in [0.1, 0.15) is 11.3 Å². The molecule has 2 heterocycles. The van der Waals surface area contributed by atoms with E-state index >= 15 is 0 Å². The SMILES string of the molecule is CSc1ccccc1N1CCN(Cc2cccn2S(=O)(=O)c2ccc(C)cc2)CC1. The number of hydrogen-bond acceptors (Lipinski definition) is 5. The number of anilines is 1. The van der Waals surface area contributed by atoms with E-state index < -0.39 is 10.0 Å². The minimum absolute atomic E-state index is 0.323. The molecule has 0 atom stereocenters. The Morgan fingerprint density at radius 1 is 0.900 bits per heavy atom. The summed E-state index contributed by atoms with van der Waals surface area (Å²) in [5.74, 6) is 0. The van der Waals surface area contributed by atoms with Crippen molar-refractivity contribution in [1.82, 2.24) is 8.87 Å². The molecule has 0 N–H and O–H groups in total. The maximum atomic E-state index is 13.1. The average molecular weight is 442 g/mol. The number of thioether (sulfide) groups is 1. The van der Waals surface area contributed by atoms with Gasteiger partial charge in [0, 0.05) is 49.5 Å². The van der Waals surface area contributed by atoms with E-state index in [1.165, 1.54) is 14.6 Å². The fourth-order valence-electron chi connectivity index (χ4n) is 3.85. The van der Waals surface area contributed by atoms with Crippen LogP contribution in [0.4, 0.5) is 5.69 Å². The zero-order chi connectivity index (χ0) is 21.1. The van der Waals surface area contributed by atoms with Crippen LogP contribution in [0, 0.1) is 6.92 Å². The molecule has 158 valence electrons. The number of benzene rings is 2. The van der Waals surface area contributed by atoms with E-state index in [2.05, 4.69) is 40.3 Å². The van der Waals surface area contributed by atoms with E-state index in [0.717, 1.165) is 37.4 Å². The quantitative estimate of drug-likeness (QED) is 0.540. The van der Waals surface area contributed by atoms with Gasteiger partial charge in [-0.1, -0.05) is 29.8 Å². The highest BCUT2D eigenvalue weighted by molar-refractivity contribution is 7.98. The van der Waals surface area contributed by atoms with Crippen molar-refractivity contribution in [2.75, 3.05) is 37.3 Å². The zero-order valence-electron chi connectivity index (χ0n) is 17.4. The van der Waals surface area contributed by atoms with Gasteiger partial charge < -0.3 is 4.90 Å². The lowest BCUT2D eigenvalue weighted by atomic mass is 10.2. The first-order chi connectivity index (χ1) is 14.5. The molecule has 4 rings (SSSR count). The van der Waals surface area contributed by atoms with Crippen molar-refractivity contribution in [1.29, 1.82) is 0 Å². The molecular weight excluding hydrogens is 414 g/mol. The lowest BCUT2D eigenvalue weighted by molar-refractivity contribution is 0.246. The van der Waals surface area contributed by atoms with Crippen molar-refractivity contribution in [3.63, 3.8) is 0 Å². The molecule has 3 aromatic rings. The lowest BCUT2D eigenvalue weighted by Crippen LogP contribution is -2.46. The molecule has 0 unspecified atom stereocenters. The summed E-state index contributed by atoms with van der Waals surface area (Å²) in [6, 6.07) is 19.2. The fraction of sp³-hybridized carbons (Fsp3) is 0.304. The summed E-state index contributed by atoms with van der Waals surface area (Å²) >= 11 is 1.77. The van der Waals surface area contributed by atoms with E-state index in [1.807, 2.05) is 31.2 Å². The van der Waals surface area contributed by atoms with E-state index in [9.17, 15) is 8.42 Å². The van der Waals surface area contributed by atoms with E-state index in [4.69, 9.17) is 0 Å². The highest BCUT2D eigenvalue weighted by Crippen LogP contribution is 2.29. The third-order valence-electron chi connectivity index (χ3n) is 5.55. The smallest absolute Gasteiger partial charge is 0.267 e. The summed E-state index contributed by atoms with van der Waals surface area (Å²) in [4.78, 5) is 6.37. The van der Waals surface area contributed by atoms with Gasteiger partial charge in [0.25, 0.3) is 10.0 Å². The molecule has 1 saturated heterocycles. The standard InChI is InChI=1S/C23H27N3O2S2/c1-19-9-11-21(12-10-19)30(27,28)26-13-5-6-20(26)18-24-14-16-25(17-15-24)22-7-3-4-8-23(22)29-2/h3-13H,14-18H2,1-2H3. The lowest BCUT2D eigenvalue weighted by Gasteiger charge is -2.36. The molecule has 0 spiro atoms. The Hall–Kier alpha value is -2.22. The molecule has 1 aromatic heterocycles. The average Bonchev–Trinajstić information content (AvgIpc) is 3.23. The predicted molar refractivity (Wildman–Crippen MR) is 124 cm³/mol. The van der Waals surface area contributed by atoms with Gasteiger partial charge in [0.1, 0.15) is 0 Å². The Kier molecular flexibility index (Phi) is 6.22. The summed E-state index contributed by atoms with van der Waals surface area (Å²) in [5, 5.41) is 0. The number of aryl methyl sites for hydroxylation is 1. The van der Waals surface area contributed by atoms with Gasteiger partial charge in [-0.2, -0.15) is 0 Å². The van der Waals surface area contributed by atoms with Crippen molar-refractivity contribution in [3.05, 3.63) is 78.1 Å². The second-order valence-corrected chi connectivity index (χ2v) is 10.2. The van der Waals surface area contributed by atoms with E-state index in [-0.39, 0.29) is 0 Å². The Balaban J connectivity index is 1.46. The molecule has 1 fully saturated rings. The maximum Gasteiger partial charge on any atom is 0.267 e. The van der Waals surface area contributed by atoms with Crippen molar-refractivity contribution in [3.8, 4) is 0 Å². The maximum absolute atomic E-state index is 13.1. The van der Waals surface area contributed by atoms with Crippen molar-refractivity contribution in [2.24, 2.45) is 0 Å². The fourth-order valence-corrected chi connectivity index (χ4v) is 5.84. The van der Waals surface area contributed by atoms with Crippen LogP contribution in [0.15, 0.2) is 76.7 Å². The number of hydrogen-bond donors (Lipinski definition) is 0. The van der Waals surface area contributed by atoms with Gasteiger partial charge in [0.15, 0.2) is 0 Å².